The summed E-state index contributed by atoms with van der Waals surface area (Å²) in [6.07, 6.45) is 1.23. The fourth-order valence-corrected chi connectivity index (χ4v) is 3.26. The van der Waals surface area contributed by atoms with Crippen molar-refractivity contribution in [2.45, 2.75) is 45.1 Å². The highest BCUT2D eigenvalue weighted by Crippen LogP contribution is 2.33. The van der Waals surface area contributed by atoms with Crippen LogP contribution < -0.4 is 4.74 Å². The van der Waals surface area contributed by atoms with Crippen LogP contribution in [-0.4, -0.2) is 12.2 Å². The molecule has 0 aliphatic carbocycles. The molecule has 1 unspecified atom stereocenters. The third-order valence-electron chi connectivity index (χ3n) is 3.56. The summed E-state index contributed by atoms with van der Waals surface area (Å²) in [6, 6.07) is 12.2. The summed E-state index contributed by atoms with van der Waals surface area (Å²) in [5.74, 6) is 0.868. The van der Waals surface area contributed by atoms with Crippen LogP contribution in [0.5, 0.6) is 5.75 Å². The third kappa shape index (κ3) is 4.32. The summed E-state index contributed by atoms with van der Waals surface area (Å²) in [6.45, 7) is 6.60. The topological polar surface area (TPSA) is 29.5 Å². The Kier molecular flexibility index (Phi) is 5.07. The zero-order valence-corrected chi connectivity index (χ0v) is 14.0. The summed E-state index contributed by atoms with van der Waals surface area (Å²) >= 11 is 1.72. The molecular weight excluding hydrogens is 280 g/mol. The Labute approximate surface area is 131 Å². The van der Waals surface area contributed by atoms with Gasteiger partial charge in [-0.25, -0.2) is 0 Å². The average molecular weight is 304 g/mol. The molecule has 0 fully saturated rings. The van der Waals surface area contributed by atoms with Crippen LogP contribution in [0.15, 0.2) is 36.4 Å². The molecular formula is C18H24O2S. The molecule has 3 heteroatoms. The standard InChI is InChI=1S/C18H24O2S/c1-18(2,3)17-12-11-16(21-17)15(19)10-7-13-5-8-14(20-4)9-6-13/h5-6,8-9,11-12,15,19H,7,10H2,1-4H3. The van der Waals surface area contributed by atoms with Crippen molar-refractivity contribution < 1.29 is 9.84 Å². The van der Waals surface area contributed by atoms with Gasteiger partial charge in [-0.1, -0.05) is 32.9 Å². The summed E-state index contributed by atoms with van der Waals surface area (Å²) in [4.78, 5) is 2.38. The predicted molar refractivity (Wildman–Crippen MR) is 89.3 cm³/mol. The molecule has 0 aliphatic rings. The average Bonchev–Trinajstić information content (AvgIpc) is 2.95. The lowest BCUT2D eigenvalue weighted by atomic mass is 9.95. The fourth-order valence-electron chi connectivity index (χ4n) is 2.17. The molecule has 0 aliphatic heterocycles. The van der Waals surface area contributed by atoms with Gasteiger partial charge in [0, 0.05) is 9.75 Å². The van der Waals surface area contributed by atoms with Crippen LogP contribution in [0.1, 0.15) is 48.6 Å². The molecule has 1 N–H and O–H groups in total. The SMILES string of the molecule is COc1ccc(CCC(O)c2ccc(C(C)(C)C)s2)cc1. The molecule has 1 atom stereocenters. The maximum atomic E-state index is 10.3. The molecule has 0 amide bonds. The lowest BCUT2D eigenvalue weighted by Crippen LogP contribution is -2.07. The number of hydrogen-bond acceptors (Lipinski definition) is 3. The van der Waals surface area contributed by atoms with E-state index in [-0.39, 0.29) is 11.5 Å². The molecule has 2 rings (SSSR count). The van der Waals surface area contributed by atoms with Crippen LogP contribution in [0.2, 0.25) is 0 Å². The van der Waals surface area contributed by atoms with Gasteiger partial charge in [0.1, 0.15) is 5.75 Å². The van der Waals surface area contributed by atoms with Crippen LogP contribution in [-0.2, 0) is 11.8 Å². The molecule has 2 aromatic rings. The molecule has 0 spiro atoms. The van der Waals surface area contributed by atoms with Gasteiger partial charge in [0.15, 0.2) is 0 Å². The second-order valence-electron chi connectivity index (χ2n) is 6.35. The van der Waals surface area contributed by atoms with E-state index in [9.17, 15) is 5.11 Å². The molecule has 2 nitrogen and oxygen atoms in total. The van der Waals surface area contributed by atoms with Crippen LogP contribution in [0.25, 0.3) is 0 Å². The van der Waals surface area contributed by atoms with Gasteiger partial charge in [0.25, 0.3) is 0 Å². The number of thiophene rings is 1. The van der Waals surface area contributed by atoms with Gasteiger partial charge in [0.2, 0.25) is 0 Å². The highest BCUT2D eigenvalue weighted by molar-refractivity contribution is 7.12. The van der Waals surface area contributed by atoms with E-state index >= 15 is 0 Å². The largest absolute Gasteiger partial charge is 0.497 e. The highest BCUT2D eigenvalue weighted by atomic mass is 32.1. The maximum Gasteiger partial charge on any atom is 0.118 e. The Morgan fingerprint density at radius 1 is 1.10 bits per heavy atom. The van der Waals surface area contributed by atoms with Crippen molar-refractivity contribution in [2.24, 2.45) is 0 Å². The summed E-state index contributed by atoms with van der Waals surface area (Å²) < 4.78 is 5.15. The molecule has 0 bridgehead atoms. The number of rotatable bonds is 5. The molecule has 1 aromatic carbocycles. The Morgan fingerprint density at radius 3 is 2.29 bits per heavy atom. The van der Waals surface area contributed by atoms with Crippen molar-refractivity contribution in [1.29, 1.82) is 0 Å². The van der Waals surface area contributed by atoms with Gasteiger partial charge < -0.3 is 9.84 Å². The molecule has 0 saturated heterocycles. The second-order valence-corrected chi connectivity index (χ2v) is 7.47. The Hall–Kier alpha value is -1.32. The van der Waals surface area contributed by atoms with Crippen LogP contribution in [0.3, 0.4) is 0 Å². The number of aryl methyl sites for hydroxylation is 1. The Morgan fingerprint density at radius 2 is 1.76 bits per heavy atom. The summed E-state index contributed by atoms with van der Waals surface area (Å²) in [7, 11) is 1.67. The number of hydrogen-bond donors (Lipinski definition) is 1. The van der Waals surface area contributed by atoms with Gasteiger partial charge in [-0.15, -0.1) is 11.3 Å². The van der Waals surface area contributed by atoms with Gasteiger partial charge in [-0.05, 0) is 48.1 Å². The molecule has 0 saturated carbocycles. The molecule has 0 radical (unpaired) electrons. The van der Waals surface area contributed by atoms with E-state index < -0.39 is 0 Å². The monoisotopic (exact) mass is 304 g/mol. The Balaban J connectivity index is 1.94. The van der Waals surface area contributed by atoms with Crippen molar-refractivity contribution in [3.05, 3.63) is 51.7 Å². The lowest BCUT2D eigenvalue weighted by molar-refractivity contribution is 0.171. The van der Waals surface area contributed by atoms with Crippen LogP contribution in [0.4, 0.5) is 0 Å². The van der Waals surface area contributed by atoms with Crippen LogP contribution in [0, 0.1) is 0 Å². The zero-order valence-electron chi connectivity index (χ0n) is 13.2. The maximum absolute atomic E-state index is 10.3. The number of aliphatic hydroxyl groups excluding tert-OH is 1. The first kappa shape index (κ1) is 16.1. The van der Waals surface area contributed by atoms with Gasteiger partial charge >= 0.3 is 0 Å². The minimum atomic E-state index is -0.381. The minimum absolute atomic E-state index is 0.151. The third-order valence-corrected chi connectivity index (χ3v) is 5.17. The van der Waals surface area contributed by atoms with Gasteiger partial charge in [-0.2, -0.15) is 0 Å². The van der Waals surface area contributed by atoms with E-state index in [1.165, 1.54) is 10.4 Å². The number of ether oxygens (including phenoxy) is 1. The summed E-state index contributed by atoms with van der Waals surface area (Å²) in [5.41, 5.74) is 1.38. The molecule has 21 heavy (non-hydrogen) atoms. The Bertz CT molecular complexity index is 564. The highest BCUT2D eigenvalue weighted by Gasteiger charge is 2.18. The van der Waals surface area contributed by atoms with E-state index in [2.05, 4.69) is 45.0 Å². The predicted octanol–water partition coefficient (Wildman–Crippen LogP) is 4.72. The van der Waals surface area contributed by atoms with Crippen LogP contribution >= 0.6 is 11.3 Å². The normalized spacial score (nSPS) is 13.2. The fraction of sp³-hybridized carbons (Fsp3) is 0.444. The molecule has 114 valence electrons. The number of methoxy groups -OCH3 is 1. The van der Waals surface area contributed by atoms with Crippen molar-refractivity contribution in [3.8, 4) is 5.75 Å². The van der Waals surface area contributed by atoms with E-state index in [0.717, 1.165) is 23.5 Å². The molecule has 1 aromatic heterocycles. The van der Waals surface area contributed by atoms with Crippen molar-refractivity contribution in [2.75, 3.05) is 7.11 Å². The van der Waals surface area contributed by atoms with Crippen molar-refractivity contribution in [3.63, 3.8) is 0 Å². The summed E-state index contributed by atoms with van der Waals surface area (Å²) in [5, 5.41) is 10.3. The number of benzene rings is 1. The first-order valence-electron chi connectivity index (χ1n) is 7.31. The van der Waals surface area contributed by atoms with Gasteiger partial charge in [-0.3, -0.25) is 0 Å². The van der Waals surface area contributed by atoms with E-state index in [4.69, 9.17) is 4.74 Å². The number of aliphatic hydroxyl groups is 1. The minimum Gasteiger partial charge on any atom is -0.497 e. The zero-order chi connectivity index (χ0) is 15.5. The van der Waals surface area contributed by atoms with Gasteiger partial charge in [0.05, 0.1) is 13.2 Å². The lowest BCUT2D eigenvalue weighted by Gasteiger charge is -2.15. The quantitative estimate of drug-likeness (QED) is 0.866. The smallest absolute Gasteiger partial charge is 0.118 e. The van der Waals surface area contributed by atoms with Crippen molar-refractivity contribution >= 4 is 11.3 Å². The van der Waals surface area contributed by atoms with E-state index in [1.807, 2.05) is 12.1 Å². The molecule has 1 heterocycles. The van der Waals surface area contributed by atoms with E-state index in [0.29, 0.717) is 0 Å². The first-order chi connectivity index (χ1) is 9.90. The second kappa shape index (κ2) is 6.63. The first-order valence-corrected chi connectivity index (χ1v) is 8.13. The van der Waals surface area contributed by atoms with Crippen molar-refractivity contribution in [1.82, 2.24) is 0 Å². The van der Waals surface area contributed by atoms with E-state index in [1.54, 1.807) is 18.4 Å².